The average Bonchev–Trinajstić information content (AvgIpc) is 3.01. The summed E-state index contributed by atoms with van der Waals surface area (Å²) in [4.78, 5) is 16.7. The van der Waals surface area contributed by atoms with Crippen LogP contribution in [0.1, 0.15) is 17.0 Å². The molecule has 130 valence electrons. The van der Waals surface area contributed by atoms with Gasteiger partial charge in [0.1, 0.15) is 6.54 Å². The van der Waals surface area contributed by atoms with E-state index in [1.54, 1.807) is 10.9 Å². The van der Waals surface area contributed by atoms with Crippen molar-refractivity contribution < 1.29 is 4.79 Å². The fourth-order valence-corrected chi connectivity index (χ4v) is 3.16. The predicted molar refractivity (Wildman–Crippen MR) is 91.8 cm³/mol. The molecule has 24 heavy (non-hydrogen) atoms. The van der Waals surface area contributed by atoms with Crippen LogP contribution in [-0.4, -0.2) is 61.4 Å². The van der Waals surface area contributed by atoms with Crippen LogP contribution < -0.4 is 0 Å². The lowest BCUT2D eigenvalue weighted by molar-refractivity contribution is -0.133. The van der Waals surface area contributed by atoms with Gasteiger partial charge < -0.3 is 4.90 Å². The largest absolute Gasteiger partial charge is 0.339 e. The van der Waals surface area contributed by atoms with Crippen molar-refractivity contribution >= 4 is 17.5 Å². The van der Waals surface area contributed by atoms with Crippen molar-refractivity contribution in [1.82, 2.24) is 29.4 Å². The minimum Gasteiger partial charge on any atom is -0.339 e. The molecule has 0 aliphatic carbocycles. The summed E-state index contributed by atoms with van der Waals surface area (Å²) in [6, 6.07) is 0. The summed E-state index contributed by atoms with van der Waals surface area (Å²) in [5.41, 5.74) is 3.07. The molecule has 0 bridgehead atoms. The third-order valence-corrected chi connectivity index (χ3v) is 4.79. The number of carbonyl (C=O) groups is 1. The lowest BCUT2D eigenvalue weighted by atomic mass is 10.2. The van der Waals surface area contributed by atoms with Crippen molar-refractivity contribution in [2.45, 2.75) is 26.9 Å². The zero-order chi connectivity index (χ0) is 17.3. The summed E-state index contributed by atoms with van der Waals surface area (Å²) in [6.07, 6.45) is 3.77. The molecule has 8 heteroatoms. The predicted octanol–water partition coefficient (Wildman–Crippen LogP) is 1.23. The lowest BCUT2D eigenvalue weighted by Gasteiger charge is -2.34. The van der Waals surface area contributed by atoms with Gasteiger partial charge in [0.25, 0.3) is 0 Å². The van der Waals surface area contributed by atoms with Gasteiger partial charge in [-0.2, -0.15) is 10.2 Å². The lowest BCUT2D eigenvalue weighted by Crippen LogP contribution is -2.49. The zero-order valence-electron chi connectivity index (χ0n) is 14.4. The van der Waals surface area contributed by atoms with Gasteiger partial charge in [0.2, 0.25) is 5.91 Å². The molecule has 1 saturated heterocycles. The highest BCUT2D eigenvalue weighted by molar-refractivity contribution is 6.31. The summed E-state index contributed by atoms with van der Waals surface area (Å²) >= 11 is 5.99. The van der Waals surface area contributed by atoms with E-state index < -0.39 is 0 Å². The maximum atomic E-state index is 12.4. The van der Waals surface area contributed by atoms with E-state index in [1.807, 2.05) is 30.5 Å². The average molecular weight is 351 g/mol. The Bertz CT molecular complexity index is 710. The van der Waals surface area contributed by atoms with Crippen molar-refractivity contribution in [1.29, 1.82) is 0 Å². The molecule has 3 heterocycles. The highest BCUT2D eigenvalue weighted by Gasteiger charge is 2.22. The van der Waals surface area contributed by atoms with Gasteiger partial charge in [-0.05, 0) is 13.8 Å². The molecule has 0 saturated carbocycles. The van der Waals surface area contributed by atoms with Gasteiger partial charge in [-0.15, -0.1) is 0 Å². The van der Waals surface area contributed by atoms with Crippen LogP contribution in [0.25, 0.3) is 0 Å². The molecular weight excluding hydrogens is 328 g/mol. The SMILES string of the molecule is Cc1nn(CC(=O)N2CCN(Cc3cn(C)nc3C)CC2)cc1Cl. The first-order chi connectivity index (χ1) is 11.4. The van der Waals surface area contributed by atoms with E-state index in [9.17, 15) is 4.79 Å². The second kappa shape index (κ2) is 6.94. The van der Waals surface area contributed by atoms with Crippen LogP contribution >= 0.6 is 11.6 Å². The number of aromatic nitrogens is 4. The second-order valence-corrected chi connectivity index (χ2v) is 6.74. The van der Waals surface area contributed by atoms with Gasteiger partial charge >= 0.3 is 0 Å². The van der Waals surface area contributed by atoms with Gasteiger partial charge in [-0.25, -0.2) is 0 Å². The maximum Gasteiger partial charge on any atom is 0.244 e. The molecule has 0 aromatic carbocycles. The van der Waals surface area contributed by atoms with Gasteiger partial charge in [-0.3, -0.25) is 19.1 Å². The molecule has 3 rings (SSSR count). The van der Waals surface area contributed by atoms with Gasteiger partial charge in [0, 0.05) is 57.7 Å². The number of piperazine rings is 1. The Morgan fingerprint density at radius 2 is 1.83 bits per heavy atom. The first-order valence-corrected chi connectivity index (χ1v) is 8.49. The summed E-state index contributed by atoms with van der Waals surface area (Å²) in [7, 11) is 1.94. The molecule has 0 atom stereocenters. The standard InChI is InChI=1S/C16H23ClN6O/c1-12-14(8-20(3)18-12)9-21-4-6-22(7-5-21)16(24)11-23-10-15(17)13(2)19-23/h8,10H,4-7,9,11H2,1-3H3. The topological polar surface area (TPSA) is 59.2 Å². The third-order valence-electron chi connectivity index (χ3n) is 4.42. The summed E-state index contributed by atoms with van der Waals surface area (Å²) in [5, 5.41) is 9.22. The van der Waals surface area contributed by atoms with Crippen molar-refractivity contribution in [2.24, 2.45) is 7.05 Å². The maximum absolute atomic E-state index is 12.4. The molecule has 0 unspecified atom stereocenters. The van der Waals surface area contributed by atoms with E-state index in [2.05, 4.69) is 21.3 Å². The number of nitrogens with zero attached hydrogens (tertiary/aromatic N) is 6. The van der Waals surface area contributed by atoms with Crippen molar-refractivity contribution in [2.75, 3.05) is 26.2 Å². The molecule has 2 aromatic heterocycles. The van der Waals surface area contributed by atoms with Crippen molar-refractivity contribution in [3.8, 4) is 0 Å². The van der Waals surface area contributed by atoms with Crippen LogP contribution in [0.4, 0.5) is 0 Å². The molecule has 0 N–H and O–H groups in total. The number of hydrogen-bond donors (Lipinski definition) is 0. The van der Waals surface area contributed by atoms with Crippen molar-refractivity contribution in [3.05, 3.63) is 34.4 Å². The normalized spacial score (nSPS) is 15.9. The molecule has 1 fully saturated rings. The Labute approximate surface area is 146 Å². The summed E-state index contributed by atoms with van der Waals surface area (Å²) in [5.74, 6) is 0.0892. The van der Waals surface area contributed by atoms with E-state index in [0.717, 1.165) is 44.1 Å². The van der Waals surface area contributed by atoms with Crippen LogP contribution in [-0.2, 0) is 24.9 Å². The van der Waals surface area contributed by atoms with Crippen molar-refractivity contribution in [3.63, 3.8) is 0 Å². The van der Waals surface area contributed by atoms with Crippen LogP contribution in [0.3, 0.4) is 0 Å². The minimum absolute atomic E-state index is 0.0892. The molecule has 1 aliphatic heterocycles. The fourth-order valence-electron chi connectivity index (χ4n) is 3.01. The highest BCUT2D eigenvalue weighted by Crippen LogP contribution is 2.14. The molecule has 7 nitrogen and oxygen atoms in total. The zero-order valence-corrected chi connectivity index (χ0v) is 15.1. The van der Waals surface area contributed by atoms with Crippen LogP contribution in [0, 0.1) is 13.8 Å². The Morgan fingerprint density at radius 3 is 2.38 bits per heavy atom. The Morgan fingerprint density at radius 1 is 1.12 bits per heavy atom. The molecule has 1 aliphatic rings. The number of amides is 1. The molecule has 1 amide bonds. The third kappa shape index (κ3) is 3.79. The minimum atomic E-state index is 0.0892. The highest BCUT2D eigenvalue weighted by atomic mass is 35.5. The summed E-state index contributed by atoms with van der Waals surface area (Å²) in [6.45, 7) is 8.23. The van der Waals surface area contributed by atoms with E-state index in [1.165, 1.54) is 5.56 Å². The van der Waals surface area contributed by atoms with Crippen LogP contribution in [0.5, 0.6) is 0 Å². The van der Waals surface area contributed by atoms with Crippen LogP contribution in [0.2, 0.25) is 5.02 Å². The fraction of sp³-hybridized carbons (Fsp3) is 0.562. The number of hydrogen-bond acceptors (Lipinski definition) is 4. The second-order valence-electron chi connectivity index (χ2n) is 6.33. The quantitative estimate of drug-likeness (QED) is 0.832. The van der Waals surface area contributed by atoms with Crippen LogP contribution in [0.15, 0.2) is 12.4 Å². The first kappa shape index (κ1) is 17.0. The monoisotopic (exact) mass is 350 g/mol. The number of aryl methyl sites for hydroxylation is 3. The van der Waals surface area contributed by atoms with E-state index >= 15 is 0 Å². The van der Waals surface area contributed by atoms with E-state index in [4.69, 9.17) is 11.6 Å². The first-order valence-electron chi connectivity index (χ1n) is 8.11. The smallest absolute Gasteiger partial charge is 0.244 e. The Hall–Kier alpha value is -1.86. The summed E-state index contributed by atoms with van der Waals surface area (Å²) < 4.78 is 3.47. The molecule has 0 radical (unpaired) electrons. The number of rotatable bonds is 4. The Kier molecular flexibility index (Phi) is 4.91. The van der Waals surface area contributed by atoms with Gasteiger partial charge in [0.15, 0.2) is 0 Å². The molecular formula is C16H23ClN6O. The van der Waals surface area contributed by atoms with Gasteiger partial charge in [0.05, 0.1) is 16.4 Å². The van der Waals surface area contributed by atoms with Gasteiger partial charge in [-0.1, -0.05) is 11.6 Å². The number of carbonyl (C=O) groups excluding carboxylic acids is 1. The number of halogens is 1. The Balaban J connectivity index is 1.51. The molecule has 2 aromatic rings. The van der Waals surface area contributed by atoms with E-state index in [0.29, 0.717) is 5.02 Å². The molecule has 0 spiro atoms. The van der Waals surface area contributed by atoms with E-state index in [-0.39, 0.29) is 12.5 Å².